The van der Waals surface area contributed by atoms with Crippen LogP contribution in [0.15, 0.2) is 42.1 Å². The van der Waals surface area contributed by atoms with Crippen LogP contribution in [-0.4, -0.2) is 41.4 Å². The van der Waals surface area contributed by atoms with Crippen LogP contribution in [0.2, 0.25) is 0 Å². The summed E-state index contributed by atoms with van der Waals surface area (Å²) in [7, 11) is 3.82. The number of hydrogen-bond acceptors (Lipinski definition) is 4. The second-order valence-electron chi connectivity index (χ2n) is 7.88. The van der Waals surface area contributed by atoms with Crippen LogP contribution in [-0.2, 0) is 17.7 Å². The van der Waals surface area contributed by atoms with Crippen molar-refractivity contribution in [2.75, 3.05) is 14.1 Å². The zero-order valence-electron chi connectivity index (χ0n) is 17.3. The molecule has 2 aromatic rings. The number of benzene rings is 1. The molecular weight excluding hydrogens is 352 g/mol. The Labute approximate surface area is 166 Å². The number of hydrogen-bond donors (Lipinski definition) is 0. The molecule has 1 heterocycles. The van der Waals surface area contributed by atoms with Gasteiger partial charge in [-0.3, -0.25) is 4.79 Å². The van der Waals surface area contributed by atoms with Gasteiger partial charge >= 0.3 is 5.97 Å². The Morgan fingerprint density at radius 1 is 1.25 bits per heavy atom. The van der Waals surface area contributed by atoms with Crippen LogP contribution in [0.1, 0.15) is 57.9 Å². The number of aryl methyl sites for hydroxylation is 2. The van der Waals surface area contributed by atoms with Gasteiger partial charge in [-0.2, -0.15) is 0 Å². The first-order chi connectivity index (χ1) is 13.3. The summed E-state index contributed by atoms with van der Waals surface area (Å²) in [6, 6.07) is 9.95. The summed E-state index contributed by atoms with van der Waals surface area (Å²) in [5.74, 6) is -0.394. The van der Waals surface area contributed by atoms with E-state index in [4.69, 9.17) is 4.74 Å². The van der Waals surface area contributed by atoms with Crippen LogP contribution < -0.4 is 0 Å². The van der Waals surface area contributed by atoms with Crippen LogP contribution in [0.5, 0.6) is 0 Å². The molecular formula is C23H28N2O3. The van der Waals surface area contributed by atoms with E-state index in [0.29, 0.717) is 24.4 Å². The molecule has 0 bridgehead atoms. The van der Waals surface area contributed by atoms with Gasteiger partial charge in [-0.15, -0.1) is 0 Å². The lowest BCUT2D eigenvalue weighted by molar-refractivity contribution is 0.0365. The standard InChI is InChI=1S/C23H28N2O3/c1-15(2)28-23(27)20-12-18-9-10-19(14-24(4)5)22(26)21(18)25(20)13-17-8-6-7-16(3)11-17/h6-8,11-12,14-15H,9-10,13H2,1-5H3/b19-14+. The van der Waals surface area contributed by atoms with Gasteiger partial charge in [0, 0.05) is 32.4 Å². The lowest BCUT2D eigenvalue weighted by atomic mass is 9.92. The molecule has 0 unspecified atom stereocenters. The minimum atomic E-state index is -0.386. The number of rotatable bonds is 5. The minimum Gasteiger partial charge on any atom is -0.458 e. The zero-order valence-corrected chi connectivity index (χ0v) is 17.3. The highest BCUT2D eigenvalue weighted by molar-refractivity contribution is 6.10. The van der Waals surface area contributed by atoms with Gasteiger partial charge in [0.2, 0.25) is 5.78 Å². The van der Waals surface area contributed by atoms with Crippen LogP contribution in [0.3, 0.4) is 0 Å². The topological polar surface area (TPSA) is 51.5 Å². The van der Waals surface area contributed by atoms with E-state index >= 15 is 0 Å². The van der Waals surface area contributed by atoms with E-state index < -0.39 is 0 Å². The Morgan fingerprint density at radius 2 is 2.00 bits per heavy atom. The van der Waals surface area contributed by atoms with Gasteiger partial charge in [-0.1, -0.05) is 29.8 Å². The number of allylic oxidation sites excluding steroid dienone is 1. The molecule has 148 valence electrons. The maximum atomic E-state index is 13.2. The number of esters is 1. The SMILES string of the molecule is Cc1cccc(Cn2c(C(=O)OC(C)C)cc3c2C(=O)/C(=C/N(C)C)CC3)c1. The van der Waals surface area contributed by atoms with E-state index in [1.807, 2.05) is 74.8 Å². The molecule has 1 aromatic carbocycles. The highest BCUT2D eigenvalue weighted by Gasteiger charge is 2.30. The van der Waals surface area contributed by atoms with Crippen molar-refractivity contribution in [1.82, 2.24) is 9.47 Å². The average Bonchev–Trinajstić information content (AvgIpc) is 2.96. The number of aromatic nitrogens is 1. The normalized spacial score (nSPS) is 15.1. The summed E-state index contributed by atoms with van der Waals surface area (Å²) < 4.78 is 7.28. The Bertz CT molecular complexity index is 935. The summed E-state index contributed by atoms with van der Waals surface area (Å²) in [5, 5.41) is 0. The maximum absolute atomic E-state index is 13.2. The molecule has 0 aliphatic heterocycles. The van der Waals surface area contributed by atoms with Gasteiger partial charge in [0.1, 0.15) is 5.69 Å². The highest BCUT2D eigenvalue weighted by atomic mass is 16.5. The van der Waals surface area contributed by atoms with Gasteiger partial charge in [0.05, 0.1) is 11.8 Å². The molecule has 0 atom stereocenters. The van der Waals surface area contributed by atoms with E-state index in [-0.39, 0.29) is 17.9 Å². The van der Waals surface area contributed by atoms with Crippen molar-refractivity contribution < 1.29 is 14.3 Å². The second-order valence-corrected chi connectivity index (χ2v) is 7.88. The molecule has 0 N–H and O–H groups in total. The number of ether oxygens (including phenoxy) is 1. The smallest absolute Gasteiger partial charge is 0.355 e. The van der Waals surface area contributed by atoms with Crippen molar-refractivity contribution >= 4 is 11.8 Å². The van der Waals surface area contributed by atoms with Gasteiger partial charge < -0.3 is 14.2 Å². The molecule has 0 fully saturated rings. The van der Waals surface area contributed by atoms with Gasteiger partial charge in [-0.25, -0.2) is 4.79 Å². The monoisotopic (exact) mass is 380 g/mol. The van der Waals surface area contributed by atoms with Crippen LogP contribution >= 0.6 is 0 Å². The molecule has 1 aliphatic rings. The van der Waals surface area contributed by atoms with E-state index in [2.05, 4.69) is 6.07 Å². The van der Waals surface area contributed by atoms with Gasteiger partial charge in [-0.05, 0) is 50.8 Å². The number of carbonyl (C=O) groups is 2. The zero-order chi connectivity index (χ0) is 20.4. The number of nitrogens with zero attached hydrogens (tertiary/aromatic N) is 2. The van der Waals surface area contributed by atoms with Crippen molar-refractivity contribution in [3.63, 3.8) is 0 Å². The van der Waals surface area contributed by atoms with Gasteiger partial charge in [0.25, 0.3) is 0 Å². The molecule has 1 aromatic heterocycles. The average molecular weight is 380 g/mol. The fourth-order valence-electron chi connectivity index (χ4n) is 3.63. The van der Waals surface area contributed by atoms with Crippen molar-refractivity contribution in [2.45, 2.75) is 46.3 Å². The Morgan fingerprint density at radius 3 is 2.64 bits per heavy atom. The highest BCUT2D eigenvalue weighted by Crippen LogP contribution is 2.30. The minimum absolute atomic E-state index is 0.00815. The number of ketones is 1. The fraction of sp³-hybridized carbons (Fsp3) is 0.391. The van der Waals surface area contributed by atoms with Crippen LogP contribution in [0, 0.1) is 6.92 Å². The quantitative estimate of drug-likeness (QED) is 0.581. The lowest BCUT2D eigenvalue weighted by Crippen LogP contribution is -2.23. The molecule has 0 saturated heterocycles. The van der Waals surface area contributed by atoms with E-state index in [1.165, 1.54) is 0 Å². The molecule has 0 spiro atoms. The first-order valence-electron chi connectivity index (χ1n) is 9.67. The Balaban J connectivity index is 2.10. The van der Waals surface area contributed by atoms with Crippen molar-refractivity contribution in [2.24, 2.45) is 0 Å². The van der Waals surface area contributed by atoms with Gasteiger partial charge in [0.15, 0.2) is 0 Å². The van der Waals surface area contributed by atoms with Crippen molar-refractivity contribution in [3.05, 3.63) is 70.2 Å². The molecule has 3 rings (SSSR count). The summed E-state index contributed by atoms with van der Waals surface area (Å²) in [5.41, 5.74) is 4.93. The van der Waals surface area contributed by atoms with Crippen molar-refractivity contribution in [3.8, 4) is 0 Å². The van der Waals surface area contributed by atoms with Crippen molar-refractivity contribution in [1.29, 1.82) is 0 Å². The second kappa shape index (κ2) is 8.05. The Hall–Kier alpha value is -2.82. The third-order valence-electron chi connectivity index (χ3n) is 4.74. The van der Waals surface area contributed by atoms with Crippen LogP contribution in [0.4, 0.5) is 0 Å². The predicted octanol–water partition coefficient (Wildman–Crippen LogP) is 3.98. The van der Waals surface area contributed by atoms with E-state index in [0.717, 1.165) is 28.7 Å². The van der Waals surface area contributed by atoms with E-state index in [1.54, 1.807) is 0 Å². The predicted molar refractivity (Wildman–Crippen MR) is 110 cm³/mol. The fourth-order valence-corrected chi connectivity index (χ4v) is 3.63. The molecule has 5 nitrogen and oxygen atoms in total. The third-order valence-corrected chi connectivity index (χ3v) is 4.74. The maximum Gasteiger partial charge on any atom is 0.355 e. The molecule has 28 heavy (non-hydrogen) atoms. The Kier molecular flexibility index (Phi) is 5.73. The molecule has 0 radical (unpaired) electrons. The first kappa shape index (κ1) is 19.9. The summed E-state index contributed by atoms with van der Waals surface area (Å²) in [6.07, 6.45) is 3.08. The summed E-state index contributed by atoms with van der Waals surface area (Å²) >= 11 is 0. The number of fused-ring (bicyclic) bond motifs is 1. The first-order valence-corrected chi connectivity index (χ1v) is 9.67. The summed E-state index contributed by atoms with van der Waals surface area (Å²) in [6.45, 7) is 6.15. The van der Waals surface area contributed by atoms with Crippen LogP contribution in [0.25, 0.3) is 0 Å². The lowest BCUT2D eigenvalue weighted by Gasteiger charge is -2.20. The summed E-state index contributed by atoms with van der Waals surface area (Å²) in [4.78, 5) is 27.8. The third kappa shape index (κ3) is 4.19. The number of Topliss-reactive ketones (excluding diaryl/α,β-unsaturated/α-hetero) is 1. The van der Waals surface area contributed by atoms with E-state index in [9.17, 15) is 9.59 Å². The largest absolute Gasteiger partial charge is 0.458 e. The molecule has 0 saturated carbocycles. The molecule has 0 amide bonds. The molecule has 1 aliphatic carbocycles. The molecule has 5 heteroatoms. The number of carbonyl (C=O) groups excluding carboxylic acids is 2.